The molecule has 6 nitrogen and oxygen atoms in total. The first-order valence-corrected chi connectivity index (χ1v) is 10.1. The number of guanidine groups is 1. The van der Waals surface area contributed by atoms with Gasteiger partial charge in [0.25, 0.3) is 0 Å². The fourth-order valence-electron chi connectivity index (χ4n) is 4.10. The Bertz CT molecular complexity index is 673. The molecule has 2 fully saturated rings. The highest BCUT2D eigenvalue weighted by molar-refractivity contribution is 5.81. The van der Waals surface area contributed by atoms with Gasteiger partial charge in [-0.1, -0.05) is 25.0 Å². The van der Waals surface area contributed by atoms with Crippen molar-refractivity contribution < 1.29 is 13.9 Å². The van der Waals surface area contributed by atoms with Crippen LogP contribution in [0.15, 0.2) is 29.3 Å². The van der Waals surface area contributed by atoms with Gasteiger partial charge in [-0.3, -0.25) is 9.79 Å². The van der Waals surface area contributed by atoms with E-state index in [9.17, 15) is 9.18 Å². The number of halogens is 1. The first-order chi connectivity index (χ1) is 13.6. The van der Waals surface area contributed by atoms with Crippen LogP contribution in [0.2, 0.25) is 0 Å². The maximum absolute atomic E-state index is 13.1. The summed E-state index contributed by atoms with van der Waals surface area (Å²) in [5.41, 5.74) is 0.904. The minimum absolute atomic E-state index is 0.198. The Kier molecular flexibility index (Phi) is 7.25. The van der Waals surface area contributed by atoms with Gasteiger partial charge in [0.2, 0.25) is 5.91 Å². The number of likely N-dealkylation sites (tertiary alicyclic amines) is 1. The maximum atomic E-state index is 13.1. The molecule has 2 aliphatic rings. The van der Waals surface area contributed by atoms with Gasteiger partial charge in [-0.05, 0) is 37.0 Å². The number of rotatable bonds is 6. The SMILES string of the molecule is CN=C(NCC(OC)c1ccc(F)cc1)NC1CCN(C(=O)C2CCCC2)C1. The molecule has 0 radical (unpaired) electrons. The topological polar surface area (TPSA) is 66.0 Å². The second kappa shape index (κ2) is 9.87. The number of amides is 1. The third-order valence-corrected chi connectivity index (χ3v) is 5.75. The highest BCUT2D eigenvalue weighted by Crippen LogP contribution is 2.27. The number of methoxy groups -OCH3 is 1. The summed E-state index contributed by atoms with van der Waals surface area (Å²) < 4.78 is 18.6. The molecule has 2 N–H and O–H groups in total. The maximum Gasteiger partial charge on any atom is 0.225 e. The Morgan fingerprint density at radius 3 is 2.64 bits per heavy atom. The van der Waals surface area contributed by atoms with Crippen molar-refractivity contribution in [1.82, 2.24) is 15.5 Å². The second-order valence-corrected chi connectivity index (χ2v) is 7.62. The van der Waals surface area contributed by atoms with Crippen molar-refractivity contribution in [3.05, 3.63) is 35.6 Å². The van der Waals surface area contributed by atoms with Gasteiger partial charge in [-0.15, -0.1) is 0 Å². The summed E-state index contributed by atoms with van der Waals surface area (Å²) >= 11 is 0. The Morgan fingerprint density at radius 2 is 2.00 bits per heavy atom. The van der Waals surface area contributed by atoms with E-state index in [1.807, 2.05) is 4.90 Å². The first kappa shape index (κ1) is 20.6. The second-order valence-electron chi connectivity index (χ2n) is 7.62. The average Bonchev–Trinajstić information content (AvgIpc) is 3.40. The molecule has 1 saturated carbocycles. The highest BCUT2D eigenvalue weighted by Gasteiger charge is 2.32. The number of hydrogen-bond donors (Lipinski definition) is 2. The Balaban J connectivity index is 1.47. The van der Waals surface area contributed by atoms with Crippen molar-refractivity contribution in [3.63, 3.8) is 0 Å². The number of aliphatic imine (C=N–C) groups is 1. The molecule has 3 rings (SSSR count). The quantitative estimate of drug-likeness (QED) is 0.579. The molecule has 1 aromatic carbocycles. The number of carbonyl (C=O) groups is 1. The highest BCUT2D eigenvalue weighted by atomic mass is 19.1. The molecule has 1 aliphatic heterocycles. The average molecular weight is 391 g/mol. The number of benzene rings is 1. The van der Waals surface area contributed by atoms with Gasteiger partial charge in [-0.2, -0.15) is 0 Å². The molecule has 2 atom stereocenters. The Hall–Kier alpha value is -2.15. The molecule has 1 aliphatic carbocycles. The zero-order valence-electron chi connectivity index (χ0n) is 16.8. The molecule has 1 saturated heterocycles. The van der Waals surface area contributed by atoms with Crippen LogP contribution in [0.25, 0.3) is 0 Å². The molecule has 154 valence electrons. The van der Waals surface area contributed by atoms with Crippen LogP contribution in [0.1, 0.15) is 43.8 Å². The molecule has 28 heavy (non-hydrogen) atoms. The summed E-state index contributed by atoms with van der Waals surface area (Å²) in [6, 6.07) is 6.52. The lowest BCUT2D eigenvalue weighted by Crippen LogP contribution is -2.46. The minimum Gasteiger partial charge on any atom is -0.375 e. The molecule has 1 aromatic rings. The number of ether oxygens (including phenoxy) is 1. The van der Waals surface area contributed by atoms with E-state index < -0.39 is 0 Å². The van der Waals surface area contributed by atoms with E-state index in [-0.39, 0.29) is 23.9 Å². The van der Waals surface area contributed by atoms with E-state index in [0.717, 1.165) is 37.9 Å². The van der Waals surface area contributed by atoms with E-state index >= 15 is 0 Å². The predicted molar refractivity (Wildman–Crippen MR) is 108 cm³/mol. The molecule has 2 unspecified atom stereocenters. The lowest BCUT2D eigenvalue weighted by molar-refractivity contribution is -0.134. The van der Waals surface area contributed by atoms with Crippen LogP contribution in [0, 0.1) is 11.7 Å². The number of nitrogens with one attached hydrogen (secondary N) is 2. The van der Waals surface area contributed by atoms with Crippen LogP contribution in [-0.2, 0) is 9.53 Å². The van der Waals surface area contributed by atoms with Crippen molar-refractivity contribution in [2.45, 2.75) is 44.2 Å². The van der Waals surface area contributed by atoms with Crippen LogP contribution in [0.4, 0.5) is 4.39 Å². The van der Waals surface area contributed by atoms with Gasteiger partial charge in [0, 0.05) is 45.8 Å². The fourth-order valence-corrected chi connectivity index (χ4v) is 4.10. The van der Waals surface area contributed by atoms with Crippen molar-refractivity contribution in [2.24, 2.45) is 10.9 Å². The van der Waals surface area contributed by atoms with Crippen LogP contribution in [0.5, 0.6) is 0 Å². The van der Waals surface area contributed by atoms with Crippen LogP contribution >= 0.6 is 0 Å². The van der Waals surface area contributed by atoms with Gasteiger partial charge in [0.15, 0.2) is 5.96 Å². The molecular formula is C21H31FN4O2. The standard InChI is InChI=1S/C21H31FN4O2/c1-23-21(24-13-19(28-2)15-7-9-17(22)10-8-15)25-18-11-12-26(14-18)20(27)16-5-3-4-6-16/h7-10,16,18-19H,3-6,11-14H2,1-2H3,(H2,23,24,25). The monoisotopic (exact) mass is 390 g/mol. The van der Waals surface area contributed by atoms with Gasteiger partial charge < -0.3 is 20.3 Å². The Labute approximate surface area is 166 Å². The minimum atomic E-state index is -0.262. The van der Waals surface area contributed by atoms with E-state index in [1.165, 1.54) is 25.0 Å². The van der Waals surface area contributed by atoms with Gasteiger partial charge in [0.1, 0.15) is 5.82 Å². The largest absolute Gasteiger partial charge is 0.375 e. The fraction of sp³-hybridized carbons (Fsp3) is 0.619. The molecule has 0 aromatic heterocycles. The molecule has 7 heteroatoms. The number of carbonyl (C=O) groups excluding carboxylic acids is 1. The van der Waals surface area contributed by atoms with E-state index in [4.69, 9.17) is 4.74 Å². The van der Waals surface area contributed by atoms with E-state index in [0.29, 0.717) is 18.4 Å². The molecule has 1 heterocycles. The summed E-state index contributed by atoms with van der Waals surface area (Å²) in [6.07, 6.45) is 5.15. The van der Waals surface area contributed by atoms with E-state index in [1.54, 1.807) is 26.3 Å². The summed E-state index contributed by atoms with van der Waals surface area (Å²) in [5, 5.41) is 6.69. The zero-order valence-corrected chi connectivity index (χ0v) is 16.8. The lowest BCUT2D eigenvalue weighted by atomic mass is 10.1. The zero-order chi connectivity index (χ0) is 19.9. The van der Waals surface area contributed by atoms with Crippen LogP contribution in [0.3, 0.4) is 0 Å². The normalized spacial score (nSPS) is 21.8. The van der Waals surface area contributed by atoms with Crippen molar-refractivity contribution in [1.29, 1.82) is 0 Å². The third kappa shape index (κ3) is 5.22. The summed E-state index contributed by atoms with van der Waals surface area (Å²) in [5.74, 6) is 0.973. The number of hydrogen-bond acceptors (Lipinski definition) is 3. The van der Waals surface area contributed by atoms with Crippen molar-refractivity contribution in [2.75, 3.05) is 33.8 Å². The lowest BCUT2D eigenvalue weighted by Gasteiger charge is -2.22. The molecular weight excluding hydrogens is 359 g/mol. The van der Waals surface area contributed by atoms with Crippen LogP contribution in [-0.4, -0.2) is 56.6 Å². The summed E-state index contributed by atoms with van der Waals surface area (Å²) in [6.45, 7) is 2.04. The summed E-state index contributed by atoms with van der Waals surface area (Å²) in [7, 11) is 3.36. The van der Waals surface area contributed by atoms with Gasteiger partial charge in [0.05, 0.1) is 6.10 Å². The smallest absolute Gasteiger partial charge is 0.225 e. The van der Waals surface area contributed by atoms with E-state index in [2.05, 4.69) is 15.6 Å². The Morgan fingerprint density at radius 1 is 1.29 bits per heavy atom. The third-order valence-electron chi connectivity index (χ3n) is 5.75. The van der Waals surface area contributed by atoms with Gasteiger partial charge >= 0.3 is 0 Å². The molecule has 0 spiro atoms. The number of nitrogens with zero attached hydrogens (tertiary/aromatic N) is 2. The van der Waals surface area contributed by atoms with Crippen molar-refractivity contribution in [3.8, 4) is 0 Å². The van der Waals surface area contributed by atoms with Crippen molar-refractivity contribution >= 4 is 11.9 Å². The molecule has 1 amide bonds. The first-order valence-electron chi connectivity index (χ1n) is 10.1. The van der Waals surface area contributed by atoms with Crippen LogP contribution < -0.4 is 10.6 Å². The van der Waals surface area contributed by atoms with Gasteiger partial charge in [-0.25, -0.2) is 4.39 Å². The molecule has 0 bridgehead atoms. The summed E-state index contributed by atoms with van der Waals surface area (Å²) in [4.78, 5) is 18.9. The predicted octanol–water partition coefficient (Wildman–Crippen LogP) is 2.47.